The number of carbonyl (C=O) groups is 1. The van der Waals surface area contributed by atoms with Crippen LogP contribution in [0.1, 0.15) is 20.8 Å². The van der Waals surface area contributed by atoms with Gasteiger partial charge in [-0.05, 0) is 36.6 Å². The molecule has 0 unspecified atom stereocenters. The van der Waals surface area contributed by atoms with Gasteiger partial charge in [-0.25, -0.2) is 0 Å². The lowest BCUT2D eigenvalue weighted by molar-refractivity contribution is -0.385. The summed E-state index contributed by atoms with van der Waals surface area (Å²) in [5, 5.41) is 10.8. The molecule has 0 fully saturated rings. The first kappa shape index (κ1) is 17.7. The van der Waals surface area contributed by atoms with Crippen LogP contribution >= 0.6 is 0 Å². The Morgan fingerprint density at radius 3 is 2.46 bits per heavy atom. The summed E-state index contributed by atoms with van der Waals surface area (Å²) in [5.41, 5.74) is 0.720. The minimum absolute atomic E-state index is 0.0763. The summed E-state index contributed by atoms with van der Waals surface area (Å²) >= 11 is 0. The number of benzene rings is 1. The zero-order valence-corrected chi connectivity index (χ0v) is 14.2. The highest BCUT2D eigenvalue weighted by molar-refractivity contribution is 7.90. The van der Waals surface area contributed by atoms with Crippen molar-refractivity contribution >= 4 is 27.2 Å². The van der Waals surface area contributed by atoms with Gasteiger partial charge >= 0.3 is 0 Å². The second kappa shape index (κ2) is 6.48. The van der Waals surface area contributed by atoms with Gasteiger partial charge in [0, 0.05) is 17.7 Å². The van der Waals surface area contributed by atoms with Crippen molar-refractivity contribution in [2.24, 2.45) is 10.3 Å². The Kier molecular flexibility index (Phi) is 4.79. The van der Waals surface area contributed by atoms with Gasteiger partial charge in [-0.1, -0.05) is 19.9 Å². The lowest BCUT2D eigenvalue weighted by Gasteiger charge is -2.15. The molecule has 0 spiro atoms. The first-order valence-electron chi connectivity index (χ1n) is 7.16. The average molecular weight is 348 g/mol. The molecule has 1 aromatic carbocycles. The van der Waals surface area contributed by atoms with E-state index >= 15 is 0 Å². The Morgan fingerprint density at radius 1 is 1.21 bits per heavy atom. The third kappa shape index (κ3) is 3.65. The molecule has 1 aromatic rings. The molecule has 0 aromatic heterocycles. The number of carbonyl (C=O) groups excluding carboxylic acids is 1. The quantitative estimate of drug-likeness (QED) is 0.472. The summed E-state index contributed by atoms with van der Waals surface area (Å²) in [4.78, 5) is 21.8. The van der Waals surface area contributed by atoms with E-state index in [4.69, 9.17) is 0 Å². The van der Waals surface area contributed by atoms with Crippen LogP contribution in [0.15, 0.2) is 56.9 Å². The number of ketones is 1. The molecule has 0 bridgehead atoms. The zero-order chi connectivity index (χ0) is 18.1. The van der Waals surface area contributed by atoms with Gasteiger partial charge in [0.1, 0.15) is 0 Å². The molecule has 126 valence electrons. The highest BCUT2D eigenvalue weighted by Crippen LogP contribution is 2.23. The molecule has 0 aliphatic heterocycles. The van der Waals surface area contributed by atoms with E-state index in [0.717, 1.165) is 6.07 Å². The molecule has 0 N–H and O–H groups in total. The Bertz CT molecular complexity index is 908. The smallest absolute Gasteiger partial charge is 0.283 e. The van der Waals surface area contributed by atoms with Gasteiger partial charge in [0.05, 0.1) is 15.5 Å². The summed E-state index contributed by atoms with van der Waals surface area (Å²) < 4.78 is 28.6. The Labute approximate surface area is 139 Å². The van der Waals surface area contributed by atoms with Crippen molar-refractivity contribution in [3.63, 3.8) is 0 Å². The molecule has 0 atom stereocenters. The number of allylic oxidation sites excluding steroid dienone is 4. The number of nitro groups is 1. The van der Waals surface area contributed by atoms with Crippen molar-refractivity contribution in [2.45, 2.75) is 25.7 Å². The SMILES string of the molecule is CC1=CC(=O)C(C(C)C)=CC1=NS(=O)(=O)c1cccc([N+](=O)[O-])c1. The van der Waals surface area contributed by atoms with E-state index in [1.54, 1.807) is 6.92 Å². The molecule has 7 nitrogen and oxygen atoms in total. The first-order valence-corrected chi connectivity index (χ1v) is 8.60. The topological polar surface area (TPSA) is 107 Å². The number of hydrogen-bond donors (Lipinski definition) is 0. The van der Waals surface area contributed by atoms with Crippen LogP contribution < -0.4 is 0 Å². The van der Waals surface area contributed by atoms with E-state index in [0.29, 0.717) is 11.1 Å². The van der Waals surface area contributed by atoms with Crippen LogP contribution in [0.4, 0.5) is 5.69 Å². The van der Waals surface area contributed by atoms with Crippen LogP contribution in [-0.4, -0.2) is 24.8 Å². The van der Waals surface area contributed by atoms with E-state index in [-0.39, 0.29) is 28.0 Å². The second-order valence-corrected chi connectivity index (χ2v) is 7.26. The van der Waals surface area contributed by atoms with Crippen LogP contribution in [-0.2, 0) is 14.8 Å². The number of sulfonamides is 1. The summed E-state index contributed by atoms with van der Waals surface area (Å²) in [6.45, 7) is 5.24. The molecular weight excluding hydrogens is 332 g/mol. The fraction of sp³-hybridized carbons (Fsp3) is 0.250. The minimum Gasteiger partial charge on any atom is -0.290 e. The van der Waals surface area contributed by atoms with Gasteiger partial charge in [0.2, 0.25) is 0 Å². The predicted octanol–water partition coefficient (Wildman–Crippen LogP) is 2.84. The predicted molar refractivity (Wildman–Crippen MR) is 89.4 cm³/mol. The Morgan fingerprint density at radius 2 is 1.88 bits per heavy atom. The molecule has 0 saturated carbocycles. The Balaban J connectivity index is 2.52. The standard InChI is InChI=1S/C16H16N2O5S/c1-10(2)14-9-15(11(3)7-16(14)19)17-24(22,23)13-6-4-5-12(8-13)18(20)21/h4-10H,1-3H3. The van der Waals surface area contributed by atoms with Crippen LogP contribution in [0.2, 0.25) is 0 Å². The largest absolute Gasteiger partial charge is 0.290 e. The molecule has 24 heavy (non-hydrogen) atoms. The van der Waals surface area contributed by atoms with Gasteiger partial charge < -0.3 is 0 Å². The van der Waals surface area contributed by atoms with Gasteiger partial charge in [0.15, 0.2) is 5.78 Å². The molecule has 8 heteroatoms. The first-order chi connectivity index (χ1) is 11.1. The summed E-state index contributed by atoms with van der Waals surface area (Å²) in [5.74, 6) is -0.248. The normalized spacial score (nSPS) is 17.0. The zero-order valence-electron chi connectivity index (χ0n) is 13.4. The van der Waals surface area contributed by atoms with Gasteiger partial charge in [-0.3, -0.25) is 14.9 Å². The van der Waals surface area contributed by atoms with Crippen molar-refractivity contribution in [3.8, 4) is 0 Å². The summed E-state index contributed by atoms with van der Waals surface area (Å²) in [6, 6.07) is 4.69. The molecule has 0 heterocycles. The van der Waals surface area contributed by atoms with Crippen LogP contribution in [0.5, 0.6) is 0 Å². The van der Waals surface area contributed by atoms with Crippen LogP contribution in [0, 0.1) is 16.0 Å². The monoisotopic (exact) mass is 348 g/mol. The van der Waals surface area contributed by atoms with E-state index in [1.807, 2.05) is 13.8 Å². The van der Waals surface area contributed by atoms with Crippen molar-refractivity contribution in [1.29, 1.82) is 0 Å². The third-order valence-electron chi connectivity index (χ3n) is 3.50. The molecule has 0 amide bonds. The van der Waals surface area contributed by atoms with Gasteiger partial charge in [-0.15, -0.1) is 0 Å². The lowest BCUT2D eigenvalue weighted by Crippen LogP contribution is -2.16. The van der Waals surface area contributed by atoms with E-state index in [2.05, 4.69) is 4.40 Å². The fourth-order valence-corrected chi connectivity index (χ4v) is 3.26. The highest BCUT2D eigenvalue weighted by Gasteiger charge is 2.22. The maximum Gasteiger partial charge on any atom is 0.283 e. The van der Waals surface area contributed by atoms with E-state index < -0.39 is 14.9 Å². The number of nitrogens with zero attached hydrogens (tertiary/aromatic N) is 2. The molecular formula is C16H16N2O5S. The fourth-order valence-electron chi connectivity index (χ4n) is 2.18. The Hall–Kier alpha value is -2.61. The van der Waals surface area contributed by atoms with Crippen LogP contribution in [0.3, 0.4) is 0 Å². The highest BCUT2D eigenvalue weighted by atomic mass is 32.2. The number of nitro benzene ring substituents is 1. The molecule has 2 rings (SSSR count). The average Bonchev–Trinajstić information content (AvgIpc) is 2.49. The third-order valence-corrected chi connectivity index (χ3v) is 4.78. The second-order valence-electron chi connectivity index (χ2n) is 5.65. The number of rotatable bonds is 4. The molecule has 1 aliphatic rings. The molecule has 1 aliphatic carbocycles. The number of non-ortho nitro benzene ring substituents is 1. The maximum absolute atomic E-state index is 12.4. The van der Waals surface area contributed by atoms with Gasteiger partial charge in [0.25, 0.3) is 15.7 Å². The van der Waals surface area contributed by atoms with Crippen LogP contribution in [0.25, 0.3) is 0 Å². The van der Waals surface area contributed by atoms with E-state index in [1.165, 1.54) is 30.4 Å². The molecule has 0 saturated heterocycles. The van der Waals surface area contributed by atoms with Crippen molar-refractivity contribution < 1.29 is 18.1 Å². The lowest BCUT2D eigenvalue weighted by atomic mass is 9.90. The van der Waals surface area contributed by atoms with Crippen molar-refractivity contribution in [3.05, 3.63) is 57.7 Å². The number of hydrogen-bond acceptors (Lipinski definition) is 5. The summed E-state index contributed by atoms with van der Waals surface area (Å²) in [6.07, 6.45) is 2.80. The molecule has 0 radical (unpaired) electrons. The van der Waals surface area contributed by atoms with E-state index in [9.17, 15) is 23.3 Å². The maximum atomic E-state index is 12.4. The van der Waals surface area contributed by atoms with Gasteiger partial charge in [-0.2, -0.15) is 12.8 Å². The summed E-state index contributed by atoms with van der Waals surface area (Å²) in [7, 11) is -4.13. The minimum atomic E-state index is -4.13. The van der Waals surface area contributed by atoms with Crippen molar-refractivity contribution in [2.75, 3.05) is 0 Å². The van der Waals surface area contributed by atoms with Crippen molar-refractivity contribution in [1.82, 2.24) is 0 Å².